The van der Waals surface area contributed by atoms with E-state index in [2.05, 4.69) is 128 Å². The van der Waals surface area contributed by atoms with Crippen molar-refractivity contribution in [2.24, 2.45) is 0 Å². The summed E-state index contributed by atoms with van der Waals surface area (Å²) in [6.45, 7) is 22.8. The predicted molar refractivity (Wildman–Crippen MR) is 158 cm³/mol. The molecule has 0 amide bonds. The number of rotatable bonds is 10. The first-order valence-electron chi connectivity index (χ1n) is 13.6. The molecule has 0 spiro atoms. The summed E-state index contributed by atoms with van der Waals surface area (Å²) < 4.78 is 0. The number of benzene rings is 2. The molecule has 0 bridgehead atoms. The van der Waals surface area contributed by atoms with E-state index in [0.717, 1.165) is 5.69 Å². The Kier molecular flexibility index (Phi) is 8.87. The van der Waals surface area contributed by atoms with Gasteiger partial charge < -0.3 is 10.6 Å². The summed E-state index contributed by atoms with van der Waals surface area (Å²) in [6.07, 6.45) is 1.82. The summed E-state index contributed by atoms with van der Waals surface area (Å²) in [7, 11) is 0. The van der Waals surface area contributed by atoms with Crippen LogP contribution < -0.4 is 10.6 Å². The van der Waals surface area contributed by atoms with E-state index in [1.54, 1.807) is 0 Å². The molecule has 0 fully saturated rings. The third kappa shape index (κ3) is 5.94. The zero-order valence-electron chi connectivity index (χ0n) is 24.1. The Morgan fingerprint density at radius 2 is 0.944 bits per heavy atom. The van der Waals surface area contributed by atoms with Crippen LogP contribution in [0.25, 0.3) is 0 Å². The lowest BCUT2D eigenvalue weighted by atomic mass is 9.83. The van der Waals surface area contributed by atoms with Crippen LogP contribution in [0.3, 0.4) is 0 Å². The van der Waals surface area contributed by atoms with Crippen LogP contribution in [0.4, 0.5) is 11.4 Å². The predicted octanol–water partition coefficient (Wildman–Crippen LogP) is 9.40. The third-order valence-corrected chi connectivity index (χ3v) is 7.37. The Bertz CT molecular complexity index is 1010. The average molecular weight is 486 g/mol. The SMILES string of the molecule is CC(C)c1cccc(C(C)C)c1NC(Nc1c(C(C)C)cccc1C(C)C)C(C)(C)c1ccccn1. The molecule has 0 aliphatic carbocycles. The lowest BCUT2D eigenvalue weighted by Crippen LogP contribution is -2.47. The molecule has 3 heteroatoms. The fraction of sp³-hybridized carbons (Fsp3) is 0.485. The normalized spacial score (nSPS) is 12.3. The van der Waals surface area contributed by atoms with Crippen LogP contribution in [-0.4, -0.2) is 11.1 Å². The van der Waals surface area contributed by atoms with Crippen molar-refractivity contribution in [3.05, 3.63) is 88.7 Å². The molecule has 0 saturated heterocycles. The van der Waals surface area contributed by atoms with E-state index in [1.807, 2.05) is 12.3 Å². The molecule has 1 heterocycles. The molecule has 2 aromatic carbocycles. The molecular weight excluding hydrogens is 438 g/mol. The molecule has 3 nitrogen and oxygen atoms in total. The van der Waals surface area contributed by atoms with Crippen LogP contribution in [0, 0.1) is 0 Å². The topological polar surface area (TPSA) is 37.0 Å². The maximum atomic E-state index is 4.80. The minimum absolute atomic E-state index is 0.0813. The molecule has 2 N–H and O–H groups in total. The number of hydrogen-bond donors (Lipinski definition) is 2. The fourth-order valence-corrected chi connectivity index (χ4v) is 5.01. The van der Waals surface area contributed by atoms with Crippen molar-refractivity contribution in [3.63, 3.8) is 0 Å². The van der Waals surface area contributed by atoms with Crippen molar-refractivity contribution in [3.8, 4) is 0 Å². The standard InChI is InChI=1S/C33H47N3/c1-21(2)25-15-13-16-26(22(3)4)30(25)35-32(33(9,10)29-19-11-12-20-34-29)36-31-27(23(5)6)17-14-18-28(31)24(7)8/h11-24,32,35-36H,1-10H3. The first-order chi connectivity index (χ1) is 16.9. The summed E-state index contributed by atoms with van der Waals surface area (Å²) in [5.74, 6) is 1.66. The largest absolute Gasteiger partial charge is 0.364 e. The molecule has 0 aliphatic heterocycles. The smallest absolute Gasteiger partial charge is 0.107 e. The van der Waals surface area contributed by atoms with Crippen molar-refractivity contribution < 1.29 is 0 Å². The Labute approximate surface area is 220 Å². The van der Waals surface area contributed by atoms with E-state index in [0.29, 0.717) is 23.7 Å². The van der Waals surface area contributed by atoms with Gasteiger partial charge in [0.2, 0.25) is 0 Å². The highest BCUT2D eigenvalue weighted by atomic mass is 15.2. The van der Waals surface area contributed by atoms with Crippen LogP contribution in [0.15, 0.2) is 60.8 Å². The van der Waals surface area contributed by atoms with E-state index in [4.69, 9.17) is 4.98 Å². The van der Waals surface area contributed by atoms with E-state index in [-0.39, 0.29) is 11.6 Å². The minimum atomic E-state index is -0.294. The van der Waals surface area contributed by atoms with E-state index in [1.165, 1.54) is 33.6 Å². The van der Waals surface area contributed by atoms with Gasteiger partial charge in [-0.1, -0.05) is 112 Å². The number of nitrogens with zero attached hydrogens (tertiary/aromatic N) is 1. The van der Waals surface area contributed by atoms with Crippen molar-refractivity contribution in [1.82, 2.24) is 4.98 Å². The number of para-hydroxylation sites is 2. The molecule has 1 aromatic heterocycles. The number of anilines is 2. The summed E-state index contributed by atoms with van der Waals surface area (Å²) in [5, 5.41) is 8.09. The van der Waals surface area contributed by atoms with Gasteiger partial charge in [0.05, 0.1) is 0 Å². The van der Waals surface area contributed by atoms with Crippen molar-refractivity contribution >= 4 is 11.4 Å². The van der Waals surface area contributed by atoms with Crippen LogP contribution >= 0.6 is 0 Å². The van der Waals surface area contributed by atoms with Gasteiger partial charge in [-0.25, -0.2) is 0 Å². The molecule has 0 unspecified atom stereocenters. The molecule has 0 radical (unpaired) electrons. The number of hydrogen-bond acceptors (Lipinski definition) is 3. The highest BCUT2D eigenvalue weighted by Crippen LogP contribution is 2.39. The van der Waals surface area contributed by atoms with Gasteiger partial charge in [0.25, 0.3) is 0 Å². The van der Waals surface area contributed by atoms with Gasteiger partial charge >= 0.3 is 0 Å². The van der Waals surface area contributed by atoms with Gasteiger partial charge in [0.1, 0.15) is 6.17 Å². The van der Waals surface area contributed by atoms with E-state index in [9.17, 15) is 0 Å². The van der Waals surface area contributed by atoms with Gasteiger partial charge in [-0.15, -0.1) is 0 Å². The Hall–Kier alpha value is -2.81. The van der Waals surface area contributed by atoms with Crippen LogP contribution in [0.5, 0.6) is 0 Å². The van der Waals surface area contributed by atoms with Gasteiger partial charge in [-0.3, -0.25) is 4.98 Å². The maximum Gasteiger partial charge on any atom is 0.107 e. The molecule has 0 saturated carbocycles. The summed E-state index contributed by atoms with van der Waals surface area (Å²) in [6, 6.07) is 19.7. The number of aromatic nitrogens is 1. The fourth-order valence-electron chi connectivity index (χ4n) is 5.01. The van der Waals surface area contributed by atoms with Gasteiger partial charge in [-0.2, -0.15) is 0 Å². The lowest BCUT2D eigenvalue weighted by molar-refractivity contribution is 0.451. The first-order valence-corrected chi connectivity index (χ1v) is 13.6. The molecule has 0 atom stereocenters. The van der Waals surface area contributed by atoms with E-state index >= 15 is 0 Å². The molecule has 194 valence electrons. The zero-order valence-corrected chi connectivity index (χ0v) is 24.1. The van der Waals surface area contributed by atoms with E-state index < -0.39 is 0 Å². The Balaban J connectivity index is 2.22. The van der Waals surface area contributed by atoms with Gasteiger partial charge in [-0.05, 0) is 58.1 Å². The second-order valence-electron chi connectivity index (χ2n) is 11.9. The Morgan fingerprint density at radius 3 is 1.25 bits per heavy atom. The van der Waals surface area contributed by atoms with Crippen LogP contribution in [0.2, 0.25) is 0 Å². The number of nitrogens with one attached hydrogen (secondary N) is 2. The van der Waals surface area contributed by atoms with Crippen molar-refractivity contribution in [1.29, 1.82) is 0 Å². The lowest BCUT2D eigenvalue weighted by Gasteiger charge is -2.39. The Morgan fingerprint density at radius 1 is 0.556 bits per heavy atom. The monoisotopic (exact) mass is 485 g/mol. The molecule has 3 rings (SSSR count). The third-order valence-electron chi connectivity index (χ3n) is 7.37. The second-order valence-corrected chi connectivity index (χ2v) is 11.9. The van der Waals surface area contributed by atoms with Gasteiger partial charge in [0, 0.05) is 28.7 Å². The van der Waals surface area contributed by atoms with Crippen LogP contribution in [0.1, 0.15) is 121 Å². The molecule has 3 aromatic rings. The van der Waals surface area contributed by atoms with Crippen LogP contribution in [-0.2, 0) is 5.41 Å². The molecule has 36 heavy (non-hydrogen) atoms. The van der Waals surface area contributed by atoms with Crippen molar-refractivity contribution in [2.75, 3.05) is 10.6 Å². The first kappa shape index (κ1) is 27.8. The average Bonchev–Trinajstić information content (AvgIpc) is 2.83. The quantitative estimate of drug-likeness (QED) is 0.281. The highest BCUT2D eigenvalue weighted by molar-refractivity contribution is 5.65. The van der Waals surface area contributed by atoms with Gasteiger partial charge in [0.15, 0.2) is 0 Å². The molecule has 0 aliphatic rings. The zero-order chi connectivity index (χ0) is 26.6. The maximum absolute atomic E-state index is 4.80. The molecular formula is C33H47N3. The minimum Gasteiger partial charge on any atom is -0.364 e. The van der Waals surface area contributed by atoms with Crippen molar-refractivity contribution in [2.45, 2.75) is 104 Å². The highest BCUT2D eigenvalue weighted by Gasteiger charge is 2.35. The summed E-state index contributed by atoms with van der Waals surface area (Å²) >= 11 is 0. The second kappa shape index (κ2) is 11.5. The summed E-state index contributed by atoms with van der Waals surface area (Å²) in [5.41, 5.74) is 8.68. The number of pyridine rings is 1. The summed E-state index contributed by atoms with van der Waals surface area (Å²) in [4.78, 5) is 4.80.